The van der Waals surface area contributed by atoms with Gasteiger partial charge in [0.15, 0.2) is 5.78 Å². The minimum Gasteiger partial charge on any atom is -0.481 e. The van der Waals surface area contributed by atoms with Crippen molar-refractivity contribution in [3.8, 4) is 0 Å². The lowest BCUT2D eigenvalue weighted by atomic mass is 9.94. The quantitative estimate of drug-likeness (QED) is 0.844. The van der Waals surface area contributed by atoms with Gasteiger partial charge in [0.2, 0.25) is 0 Å². The normalized spacial score (nSPS) is 11.8. The molecule has 102 valence electrons. The molecule has 1 N–H and O–H groups in total. The van der Waals surface area contributed by atoms with Gasteiger partial charge in [-0.2, -0.15) is 0 Å². The van der Waals surface area contributed by atoms with Crippen molar-refractivity contribution in [2.45, 2.75) is 19.3 Å². The summed E-state index contributed by atoms with van der Waals surface area (Å²) in [7, 11) is 0. The Balaban J connectivity index is 2.24. The molecule has 1 unspecified atom stereocenters. The number of carbonyl (C=O) groups is 2. The third kappa shape index (κ3) is 2.94. The Kier molecular flexibility index (Phi) is 4.31. The van der Waals surface area contributed by atoms with Crippen molar-refractivity contribution in [2.75, 3.05) is 0 Å². The number of hydrogen-bond acceptors (Lipinski definition) is 2. The number of rotatable bonds is 5. The van der Waals surface area contributed by atoms with Crippen LogP contribution in [-0.4, -0.2) is 16.9 Å². The SMILES string of the molecule is CCC(C(=O)O)c1ccc(C(=O)c2ccccc2)cc1. The van der Waals surface area contributed by atoms with E-state index < -0.39 is 11.9 Å². The van der Waals surface area contributed by atoms with Gasteiger partial charge in [-0.3, -0.25) is 9.59 Å². The van der Waals surface area contributed by atoms with Crippen LogP contribution in [0, 0.1) is 0 Å². The standard InChI is InChI=1S/C17H16O3/c1-2-15(17(19)20)12-8-10-14(11-9-12)16(18)13-6-4-3-5-7-13/h3-11,15H,2H2,1H3,(H,19,20). The van der Waals surface area contributed by atoms with Crippen molar-refractivity contribution in [3.63, 3.8) is 0 Å². The Morgan fingerprint density at radius 2 is 1.50 bits per heavy atom. The molecule has 0 aliphatic rings. The molecular formula is C17H16O3. The van der Waals surface area contributed by atoms with Crippen LogP contribution in [0.2, 0.25) is 0 Å². The maximum Gasteiger partial charge on any atom is 0.310 e. The molecule has 0 amide bonds. The summed E-state index contributed by atoms with van der Waals surface area (Å²) in [5.41, 5.74) is 1.93. The Labute approximate surface area is 117 Å². The predicted molar refractivity (Wildman–Crippen MR) is 77.0 cm³/mol. The highest BCUT2D eigenvalue weighted by Crippen LogP contribution is 2.21. The number of carboxylic acids is 1. The molecule has 2 aromatic carbocycles. The van der Waals surface area contributed by atoms with E-state index in [-0.39, 0.29) is 5.78 Å². The molecule has 2 aromatic rings. The molecule has 3 heteroatoms. The first-order valence-electron chi connectivity index (χ1n) is 6.56. The zero-order valence-corrected chi connectivity index (χ0v) is 11.2. The Hall–Kier alpha value is -2.42. The largest absolute Gasteiger partial charge is 0.481 e. The fraction of sp³-hybridized carbons (Fsp3) is 0.176. The van der Waals surface area contributed by atoms with Gasteiger partial charge >= 0.3 is 5.97 Å². The van der Waals surface area contributed by atoms with E-state index in [4.69, 9.17) is 5.11 Å². The molecule has 0 aromatic heterocycles. The molecule has 0 radical (unpaired) electrons. The van der Waals surface area contributed by atoms with Crippen LogP contribution in [0.25, 0.3) is 0 Å². The van der Waals surface area contributed by atoms with E-state index in [2.05, 4.69) is 0 Å². The lowest BCUT2D eigenvalue weighted by Crippen LogP contribution is -2.10. The highest BCUT2D eigenvalue weighted by molar-refractivity contribution is 6.08. The first-order valence-corrected chi connectivity index (χ1v) is 6.56. The maximum absolute atomic E-state index is 12.2. The molecule has 20 heavy (non-hydrogen) atoms. The second kappa shape index (κ2) is 6.15. The van der Waals surface area contributed by atoms with E-state index >= 15 is 0 Å². The first-order chi connectivity index (χ1) is 9.63. The smallest absolute Gasteiger partial charge is 0.310 e. The summed E-state index contributed by atoms with van der Waals surface area (Å²) in [6, 6.07) is 15.9. The van der Waals surface area contributed by atoms with E-state index in [0.717, 1.165) is 5.56 Å². The van der Waals surface area contributed by atoms with Crippen LogP contribution in [0.4, 0.5) is 0 Å². The molecule has 0 aliphatic heterocycles. The summed E-state index contributed by atoms with van der Waals surface area (Å²) < 4.78 is 0. The van der Waals surface area contributed by atoms with Crippen molar-refractivity contribution in [3.05, 3.63) is 71.3 Å². The van der Waals surface area contributed by atoms with Crippen LogP contribution < -0.4 is 0 Å². The molecular weight excluding hydrogens is 252 g/mol. The highest BCUT2D eigenvalue weighted by atomic mass is 16.4. The third-order valence-electron chi connectivity index (χ3n) is 3.32. The van der Waals surface area contributed by atoms with Crippen molar-refractivity contribution in [1.29, 1.82) is 0 Å². The lowest BCUT2D eigenvalue weighted by molar-refractivity contribution is -0.138. The van der Waals surface area contributed by atoms with Gasteiger partial charge in [-0.15, -0.1) is 0 Å². The average molecular weight is 268 g/mol. The molecule has 1 atom stereocenters. The van der Waals surface area contributed by atoms with E-state index in [1.165, 1.54) is 0 Å². The van der Waals surface area contributed by atoms with Gasteiger partial charge in [0, 0.05) is 11.1 Å². The molecule has 0 fully saturated rings. The van der Waals surface area contributed by atoms with Gasteiger partial charge in [-0.25, -0.2) is 0 Å². The van der Waals surface area contributed by atoms with Crippen LogP contribution in [0.1, 0.15) is 40.7 Å². The van der Waals surface area contributed by atoms with E-state index in [9.17, 15) is 9.59 Å². The summed E-state index contributed by atoms with van der Waals surface area (Å²) in [6.07, 6.45) is 0.529. The van der Waals surface area contributed by atoms with E-state index in [0.29, 0.717) is 17.5 Å². The Morgan fingerprint density at radius 1 is 0.950 bits per heavy atom. The second-order valence-electron chi connectivity index (χ2n) is 4.62. The number of aliphatic carboxylic acids is 1. The second-order valence-corrected chi connectivity index (χ2v) is 4.62. The molecule has 0 saturated heterocycles. The summed E-state index contributed by atoms with van der Waals surface area (Å²) in [5.74, 6) is -1.41. The fourth-order valence-corrected chi connectivity index (χ4v) is 2.18. The summed E-state index contributed by atoms with van der Waals surface area (Å²) in [4.78, 5) is 23.3. The zero-order chi connectivity index (χ0) is 14.5. The molecule has 3 nitrogen and oxygen atoms in total. The molecule has 0 heterocycles. The highest BCUT2D eigenvalue weighted by Gasteiger charge is 2.18. The number of carboxylic acid groups (broad SMARTS) is 1. The number of hydrogen-bond donors (Lipinski definition) is 1. The van der Waals surface area contributed by atoms with Gasteiger partial charge in [0.25, 0.3) is 0 Å². The van der Waals surface area contributed by atoms with E-state index in [1.54, 1.807) is 36.4 Å². The maximum atomic E-state index is 12.2. The van der Waals surface area contributed by atoms with Crippen LogP contribution in [0.5, 0.6) is 0 Å². The topological polar surface area (TPSA) is 54.4 Å². The van der Waals surface area contributed by atoms with Crippen LogP contribution in [0.3, 0.4) is 0 Å². The van der Waals surface area contributed by atoms with Gasteiger partial charge in [0.1, 0.15) is 0 Å². The van der Waals surface area contributed by atoms with Crippen molar-refractivity contribution in [2.24, 2.45) is 0 Å². The summed E-state index contributed by atoms with van der Waals surface area (Å²) in [6.45, 7) is 1.84. The Morgan fingerprint density at radius 3 is 2.00 bits per heavy atom. The molecule has 2 rings (SSSR count). The summed E-state index contributed by atoms with van der Waals surface area (Å²) in [5, 5.41) is 9.12. The van der Waals surface area contributed by atoms with Crippen LogP contribution in [-0.2, 0) is 4.79 Å². The van der Waals surface area contributed by atoms with E-state index in [1.807, 2.05) is 25.1 Å². The number of carbonyl (C=O) groups excluding carboxylic acids is 1. The predicted octanol–water partition coefficient (Wildman–Crippen LogP) is 3.50. The van der Waals surface area contributed by atoms with Gasteiger partial charge in [0.05, 0.1) is 5.92 Å². The van der Waals surface area contributed by atoms with Crippen LogP contribution >= 0.6 is 0 Å². The summed E-state index contributed by atoms with van der Waals surface area (Å²) >= 11 is 0. The van der Waals surface area contributed by atoms with Gasteiger partial charge in [-0.05, 0) is 12.0 Å². The zero-order valence-electron chi connectivity index (χ0n) is 11.2. The minimum absolute atomic E-state index is 0.0551. The van der Waals surface area contributed by atoms with Crippen molar-refractivity contribution in [1.82, 2.24) is 0 Å². The molecule has 0 bridgehead atoms. The van der Waals surface area contributed by atoms with Crippen LogP contribution in [0.15, 0.2) is 54.6 Å². The number of benzene rings is 2. The molecule has 0 aliphatic carbocycles. The minimum atomic E-state index is -0.838. The monoisotopic (exact) mass is 268 g/mol. The molecule has 0 spiro atoms. The average Bonchev–Trinajstić information content (AvgIpc) is 2.48. The number of ketones is 1. The Bertz CT molecular complexity index is 600. The van der Waals surface area contributed by atoms with Gasteiger partial charge in [-0.1, -0.05) is 61.5 Å². The van der Waals surface area contributed by atoms with Gasteiger partial charge < -0.3 is 5.11 Å². The molecule has 0 saturated carbocycles. The first kappa shape index (κ1) is 14.0. The fourth-order valence-electron chi connectivity index (χ4n) is 2.18. The van der Waals surface area contributed by atoms with Crippen molar-refractivity contribution < 1.29 is 14.7 Å². The van der Waals surface area contributed by atoms with Crippen molar-refractivity contribution >= 4 is 11.8 Å². The third-order valence-corrected chi connectivity index (χ3v) is 3.32. The lowest BCUT2D eigenvalue weighted by Gasteiger charge is -2.10.